The summed E-state index contributed by atoms with van der Waals surface area (Å²) in [6.45, 7) is 0.404. The van der Waals surface area contributed by atoms with Gasteiger partial charge in [-0.1, -0.05) is 60.7 Å². The molecule has 4 aromatic carbocycles. The molecule has 1 fully saturated rings. The van der Waals surface area contributed by atoms with Crippen LogP contribution >= 0.6 is 11.8 Å². The van der Waals surface area contributed by atoms with E-state index in [4.69, 9.17) is 9.84 Å². The molecule has 36 heavy (non-hydrogen) atoms. The second kappa shape index (κ2) is 10.1. The number of amidine groups is 1. The van der Waals surface area contributed by atoms with Crippen molar-refractivity contribution in [3.63, 3.8) is 0 Å². The fourth-order valence-corrected chi connectivity index (χ4v) is 4.86. The smallest absolute Gasteiger partial charge is 0.335 e. The number of benzene rings is 4. The fraction of sp³-hybridized carbons (Fsp3) is 0.0690. The molecule has 0 saturated carbocycles. The summed E-state index contributed by atoms with van der Waals surface area (Å²) in [5.41, 5.74) is 2.64. The average Bonchev–Trinajstić information content (AvgIpc) is 3.16. The normalized spacial score (nSPS) is 15.7. The average molecular weight is 495 g/mol. The number of amides is 1. The van der Waals surface area contributed by atoms with E-state index < -0.39 is 5.97 Å². The van der Waals surface area contributed by atoms with E-state index in [-0.39, 0.29) is 11.5 Å². The van der Waals surface area contributed by atoms with Crippen molar-refractivity contribution in [3.8, 4) is 5.75 Å². The third-order valence-electron chi connectivity index (χ3n) is 5.81. The monoisotopic (exact) mass is 494 g/mol. The molecule has 0 aliphatic carbocycles. The van der Waals surface area contributed by atoms with Crippen molar-refractivity contribution in [1.29, 1.82) is 0 Å². The van der Waals surface area contributed by atoms with Crippen LogP contribution < -0.4 is 4.74 Å². The Morgan fingerprint density at radius 3 is 2.50 bits per heavy atom. The Labute approximate surface area is 212 Å². The largest absolute Gasteiger partial charge is 0.488 e. The predicted molar refractivity (Wildman–Crippen MR) is 144 cm³/mol. The molecule has 7 heteroatoms. The molecule has 4 aromatic rings. The first kappa shape index (κ1) is 23.4. The molecule has 1 heterocycles. The quantitative estimate of drug-likeness (QED) is 0.316. The Bertz CT molecular complexity index is 1520. The van der Waals surface area contributed by atoms with Gasteiger partial charge in [0, 0.05) is 12.6 Å². The molecule has 0 aromatic heterocycles. The van der Waals surface area contributed by atoms with Crippen molar-refractivity contribution in [1.82, 2.24) is 4.90 Å². The molecule has 178 valence electrons. The van der Waals surface area contributed by atoms with Crippen LogP contribution in [0.25, 0.3) is 16.8 Å². The Morgan fingerprint density at radius 1 is 0.972 bits per heavy atom. The molecule has 0 bridgehead atoms. The number of aliphatic imine (C=N–C) groups is 1. The number of carbonyl (C=O) groups is 2. The molecule has 1 aliphatic heterocycles. The van der Waals surface area contributed by atoms with Gasteiger partial charge in [-0.15, -0.1) is 0 Å². The highest BCUT2D eigenvalue weighted by Crippen LogP contribution is 2.35. The van der Waals surface area contributed by atoms with Gasteiger partial charge in [-0.3, -0.25) is 9.69 Å². The van der Waals surface area contributed by atoms with Gasteiger partial charge in [0.05, 0.1) is 16.2 Å². The number of ether oxygens (including phenoxy) is 1. The van der Waals surface area contributed by atoms with E-state index in [0.29, 0.717) is 28.1 Å². The summed E-state index contributed by atoms with van der Waals surface area (Å²) in [5, 5.41) is 11.9. The number of hydrogen-bond acceptors (Lipinski definition) is 5. The summed E-state index contributed by atoms with van der Waals surface area (Å²) in [5.74, 6) is -0.475. The van der Waals surface area contributed by atoms with E-state index in [1.54, 1.807) is 19.2 Å². The fourth-order valence-electron chi connectivity index (χ4n) is 3.89. The zero-order valence-electron chi connectivity index (χ0n) is 19.4. The molecule has 1 N–H and O–H groups in total. The van der Waals surface area contributed by atoms with Crippen LogP contribution in [0, 0.1) is 0 Å². The van der Waals surface area contributed by atoms with E-state index >= 15 is 0 Å². The van der Waals surface area contributed by atoms with Crippen LogP contribution in [0.4, 0.5) is 5.69 Å². The standard InChI is InChI=1S/C29H22N2O4S/c1-31-27(32)26(36-29(31)30-23-15-13-20(14-16-23)28(33)34)17-21-8-3-5-12-25(21)35-18-22-10-6-9-19-7-2-4-11-24(19)22/h2-17H,18H2,1H3,(H,33,34)/b26-17-,30-29?. The molecule has 6 nitrogen and oxygen atoms in total. The number of aromatic carboxylic acids is 1. The zero-order chi connectivity index (χ0) is 25.1. The predicted octanol–water partition coefficient (Wildman–Crippen LogP) is 6.35. The number of carboxylic acid groups (broad SMARTS) is 1. The lowest BCUT2D eigenvalue weighted by molar-refractivity contribution is -0.121. The summed E-state index contributed by atoms with van der Waals surface area (Å²) in [7, 11) is 1.67. The molecule has 0 atom stereocenters. The Morgan fingerprint density at radius 2 is 1.69 bits per heavy atom. The second-order valence-corrected chi connectivity index (χ2v) is 9.20. The first-order chi connectivity index (χ1) is 17.5. The van der Waals surface area contributed by atoms with Crippen LogP contribution in [0.15, 0.2) is 101 Å². The number of carboxylic acids is 1. The number of nitrogens with zero attached hydrogens (tertiary/aromatic N) is 2. The lowest BCUT2D eigenvalue weighted by atomic mass is 10.1. The summed E-state index contributed by atoms with van der Waals surface area (Å²) in [4.78, 5) is 30.5. The van der Waals surface area contributed by atoms with Crippen molar-refractivity contribution in [2.45, 2.75) is 6.61 Å². The minimum Gasteiger partial charge on any atom is -0.488 e. The SMILES string of the molecule is CN1C(=O)/C(=C/c2ccccc2OCc2cccc3ccccc23)SC1=Nc1ccc(C(=O)O)cc1. The van der Waals surface area contributed by atoms with Crippen molar-refractivity contribution in [2.24, 2.45) is 4.99 Å². The maximum atomic E-state index is 12.9. The maximum absolute atomic E-state index is 12.9. The molecular formula is C29H22N2O4S. The first-order valence-corrected chi connectivity index (χ1v) is 12.1. The lowest BCUT2D eigenvalue weighted by Gasteiger charge is -2.11. The number of hydrogen-bond donors (Lipinski definition) is 1. The summed E-state index contributed by atoms with van der Waals surface area (Å²) in [6.07, 6.45) is 1.82. The third kappa shape index (κ3) is 4.87. The Balaban J connectivity index is 1.37. The van der Waals surface area contributed by atoms with Crippen LogP contribution in [0.1, 0.15) is 21.5 Å². The van der Waals surface area contributed by atoms with E-state index in [2.05, 4.69) is 29.3 Å². The number of thioether (sulfide) groups is 1. The molecule has 1 aliphatic rings. The van der Waals surface area contributed by atoms with Gasteiger partial charge in [0.15, 0.2) is 5.17 Å². The van der Waals surface area contributed by atoms with E-state index in [1.165, 1.54) is 28.8 Å². The molecule has 0 spiro atoms. The van der Waals surface area contributed by atoms with Crippen molar-refractivity contribution >= 4 is 51.3 Å². The van der Waals surface area contributed by atoms with E-state index in [9.17, 15) is 9.59 Å². The highest BCUT2D eigenvalue weighted by atomic mass is 32.2. The van der Waals surface area contributed by atoms with Gasteiger partial charge in [0.2, 0.25) is 0 Å². The van der Waals surface area contributed by atoms with Crippen LogP contribution in [0.3, 0.4) is 0 Å². The third-order valence-corrected chi connectivity index (χ3v) is 6.87. The summed E-state index contributed by atoms with van der Waals surface area (Å²) < 4.78 is 6.20. The summed E-state index contributed by atoms with van der Waals surface area (Å²) >= 11 is 1.27. The number of fused-ring (bicyclic) bond motifs is 1. The van der Waals surface area contributed by atoms with E-state index in [1.807, 2.05) is 48.5 Å². The highest BCUT2D eigenvalue weighted by molar-refractivity contribution is 8.18. The van der Waals surface area contributed by atoms with Crippen LogP contribution in [0.5, 0.6) is 5.75 Å². The molecule has 1 saturated heterocycles. The van der Waals surface area contributed by atoms with Crippen LogP contribution in [0.2, 0.25) is 0 Å². The van der Waals surface area contributed by atoms with Gasteiger partial charge in [-0.25, -0.2) is 9.79 Å². The number of carbonyl (C=O) groups excluding carboxylic acids is 1. The van der Waals surface area contributed by atoms with Gasteiger partial charge in [-0.2, -0.15) is 0 Å². The van der Waals surface area contributed by atoms with Gasteiger partial charge in [-0.05, 0) is 64.5 Å². The number of rotatable bonds is 6. The van der Waals surface area contributed by atoms with Crippen molar-refractivity contribution in [2.75, 3.05) is 7.05 Å². The zero-order valence-corrected chi connectivity index (χ0v) is 20.2. The minimum absolute atomic E-state index is 0.162. The molecular weight excluding hydrogens is 472 g/mol. The number of para-hydroxylation sites is 1. The minimum atomic E-state index is -0.997. The Kier molecular flexibility index (Phi) is 6.56. The topological polar surface area (TPSA) is 79.2 Å². The highest BCUT2D eigenvalue weighted by Gasteiger charge is 2.30. The molecule has 0 radical (unpaired) electrons. The van der Waals surface area contributed by atoms with Crippen molar-refractivity contribution in [3.05, 3.63) is 113 Å². The van der Waals surface area contributed by atoms with Crippen LogP contribution in [-0.4, -0.2) is 34.1 Å². The summed E-state index contributed by atoms with van der Waals surface area (Å²) in [6, 6.07) is 28.2. The lowest BCUT2D eigenvalue weighted by Crippen LogP contribution is -2.23. The number of likely N-dealkylation sites (N-methyl/N-ethyl adjacent to an activating group) is 1. The van der Waals surface area contributed by atoms with Crippen molar-refractivity contribution < 1.29 is 19.4 Å². The van der Waals surface area contributed by atoms with Crippen LogP contribution in [-0.2, 0) is 11.4 Å². The first-order valence-electron chi connectivity index (χ1n) is 11.3. The van der Waals surface area contributed by atoms with Gasteiger partial charge in [0.1, 0.15) is 12.4 Å². The van der Waals surface area contributed by atoms with Gasteiger partial charge < -0.3 is 9.84 Å². The molecule has 0 unspecified atom stereocenters. The maximum Gasteiger partial charge on any atom is 0.335 e. The molecule has 1 amide bonds. The Hall–Kier alpha value is -4.36. The van der Waals surface area contributed by atoms with Gasteiger partial charge in [0.25, 0.3) is 5.91 Å². The van der Waals surface area contributed by atoms with E-state index in [0.717, 1.165) is 21.9 Å². The second-order valence-electron chi connectivity index (χ2n) is 8.19. The van der Waals surface area contributed by atoms with Gasteiger partial charge >= 0.3 is 5.97 Å². The molecule has 5 rings (SSSR count).